The fraction of sp³-hybridized carbons (Fsp3) is 0.647. The number of likely N-dealkylation sites (tertiary alicyclic amines) is 1. The van der Waals surface area contributed by atoms with Crippen LogP contribution in [0, 0.1) is 5.41 Å². The standard InChI is InChI=1S/C17H25N3O3S/c1-16(2,3)24(23)19-14-12-5-4-8-18-13(12)11-17(14)6-9-20(10-7-17)15(21)22/h4-5,8,14,19H,6-7,9-11H2,1-3H3,(H,21,22)/t14-,24?/m0/s1. The summed E-state index contributed by atoms with van der Waals surface area (Å²) in [6.07, 6.45) is 3.27. The number of aromatic nitrogens is 1. The van der Waals surface area contributed by atoms with Gasteiger partial charge in [0, 0.05) is 25.0 Å². The highest BCUT2D eigenvalue weighted by atomic mass is 32.2. The summed E-state index contributed by atoms with van der Waals surface area (Å²) in [5.41, 5.74) is 2.05. The molecule has 2 heterocycles. The Morgan fingerprint density at radius 2 is 2.08 bits per heavy atom. The van der Waals surface area contributed by atoms with Gasteiger partial charge in [0.15, 0.2) is 0 Å². The lowest BCUT2D eigenvalue weighted by molar-refractivity contribution is 0.0766. The topological polar surface area (TPSA) is 82.5 Å². The van der Waals surface area contributed by atoms with Gasteiger partial charge in [-0.3, -0.25) is 4.98 Å². The molecule has 1 aromatic heterocycles. The molecule has 2 aliphatic rings. The van der Waals surface area contributed by atoms with Crippen LogP contribution in [0.3, 0.4) is 0 Å². The van der Waals surface area contributed by atoms with Crippen LogP contribution in [0.5, 0.6) is 0 Å². The van der Waals surface area contributed by atoms with Crippen LogP contribution < -0.4 is 4.72 Å². The van der Waals surface area contributed by atoms with E-state index >= 15 is 0 Å². The highest BCUT2D eigenvalue weighted by Gasteiger charge is 2.49. The van der Waals surface area contributed by atoms with Gasteiger partial charge in [-0.15, -0.1) is 0 Å². The summed E-state index contributed by atoms with van der Waals surface area (Å²) in [4.78, 5) is 17.2. The Labute approximate surface area is 145 Å². The van der Waals surface area contributed by atoms with E-state index in [2.05, 4.69) is 15.8 Å². The maximum atomic E-state index is 12.7. The third kappa shape index (κ3) is 3.07. The normalized spacial score (nSPS) is 24.0. The predicted molar refractivity (Wildman–Crippen MR) is 93.0 cm³/mol. The molecule has 0 bridgehead atoms. The number of rotatable bonds is 2. The van der Waals surface area contributed by atoms with Crippen molar-refractivity contribution in [2.24, 2.45) is 5.41 Å². The molecule has 1 amide bonds. The lowest BCUT2D eigenvalue weighted by Gasteiger charge is -2.43. The minimum absolute atomic E-state index is 0.0443. The largest absolute Gasteiger partial charge is 0.465 e. The number of fused-ring (bicyclic) bond motifs is 1. The zero-order valence-corrected chi connectivity index (χ0v) is 15.2. The summed E-state index contributed by atoms with van der Waals surface area (Å²) in [6.45, 7) is 6.89. The summed E-state index contributed by atoms with van der Waals surface area (Å²) in [5, 5.41) is 9.21. The van der Waals surface area contributed by atoms with E-state index in [0.717, 1.165) is 30.5 Å². The average molecular weight is 351 g/mol. The van der Waals surface area contributed by atoms with Crippen molar-refractivity contribution in [2.75, 3.05) is 13.1 Å². The van der Waals surface area contributed by atoms with E-state index in [1.165, 1.54) is 4.90 Å². The Morgan fingerprint density at radius 1 is 1.42 bits per heavy atom. The summed E-state index contributed by atoms with van der Waals surface area (Å²) in [5.74, 6) is 0. The second kappa shape index (κ2) is 6.11. The first-order valence-electron chi connectivity index (χ1n) is 8.33. The summed E-state index contributed by atoms with van der Waals surface area (Å²) in [6, 6.07) is 3.93. The Kier molecular flexibility index (Phi) is 4.42. The molecule has 1 aliphatic heterocycles. The summed E-state index contributed by atoms with van der Waals surface area (Å²) < 4.78 is 15.7. The quantitative estimate of drug-likeness (QED) is 0.857. The Morgan fingerprint density at radius 3 is 2.67 bits per heavy atom. The molecule has 0 saturated carbocycles. The van der Waals surface area contributed by atoms with E-state index in [9.17, 15) is 14.1 Å². The van der Waals surface area contributed by atoms with E-state index in [1.807, 2.05) is 26.8 Å². The zero-order chi connectivity index (χ0) is 17.5. The molecule has 2 atom stereocenters. The smallest absolute Gasteiger partial charge is 0.407 e. The minimum atomic E-state index is -1.19. The lowest BCUT2D eigenvalue weighted by atomic mass is 9.73. The molecule has 1 aromatic rings. The second-order valence-electron chi connectivity index (χ2n) is 7.78. The van der Waals surface area contributed by atoms with Crippen LogP contribution in [0.25, 0.3) is 0 Å². The Hall–Kier alpha value is -1.47. The van der Waals surface area contributed by atoms with Gasteiger partial charge in [-0.25, -0.2) is 13.7 Å². The highest BCUT2D eigenvalue weighted by Crippen LogP contribution is 2.51. The fourth-order valence-corrected chi connectivity index (χ4v) is 4.65. The van der Waals surface area contributed by atoms with Gasteiger partial charge in [0.1, 0.15) is 0 Å². The SMILES string of the molecule is CC(C)(C)S(=O)N[C@H]1c2cccnc2CC12CCN(C(=O)O)CC2. The van der Waals surface area contributed by atoms with Crippen LogP contribution in [0.1, 0.15) is 50.9 Å². The molecule has 0 aromatic carbocycles. The van der Waals surface area contributed by atoms with Gasteiger partial charge in [0.2, 0.25) is 0 Å². The van der Waals surface area contributed by atoms with Crippen LogP contribution in [-0.2, 0) is 17.4 Å². The van der Waals surface area contributed by atoms with Gasteiger partial charge in [0.05, 0.1) is 21.8 Å². The van der Waals surface area contributed by atoms with E-state index in [0.29, 0.717) is 13.1 Å². The molecule has 1 fully saturated rings. The number of amides is 1. The van der Waals surface area contributed by atoms with E-state index in [-0.39, 0.29) is 16.2 Å². The minimum Gasteiger partial charge on any atom is -0.465 e. The first-order chi connectivity index (χ1) is 11.2. The van der Waals surface area contributed by atoms with Crippen LogP contribution in [0.15, 0.2) is 18.3 Å². The molecule has 3 rings (SSSR count). The molecule has 6 nitrogen and oxygen atoms in total. The second-order valence-corrected chi connectivity index (χ2v) is 9.78. The zero-order valence-electron chi connectivity index (χ0n) is 14.4. The number of nitrogens with zero attached hydrogens (tertiary/aromatic N) is 2. The van der Waals surface area contributed by atoms with Gasteiger partial charge in [-0.2, -0.15) is 0 Å². The van der Waals surface area contributed by atoms with Crippen molar-refractivity contribution >= 4 is 17.1 Å². The molecule has 132 valence electrons. The van der Waals surface area contributed by atoms with Crippen molar-refractivity contribution in [3.8, 4) is 0 Å². The maximum absolute atomic E-state index is 12.7. The fourth-order valence-electron chi connectivity index (χ4n) is 3.71. The molecule has 1 unspecified atom stereocenters. The van der Waals surface area contributed by atoms with Crippen molar-refractivity contribution < 1.29 is 14.1 Å². The maximum Gasteiger partial charge on any atom is 0.407 e. The first kappa shape index (κ1) is 17.4. The van der Waals surface area contributed by atoms with Gasteiger partial charge >= 0.3 is 6.09 Å². The van der Waals surface area contributed by atoms with Crippen molar-refractivity contribution in [1.82, 2.24) is 14.6 Å². The molecule has 1 saturated heterocycles. The third-order valence-electron chi connectivity index (χ3n) is 5.18. The number of hydrogen-bond donors (Lipinski definition) is 2. The molecule has 24 heavy (non-hydrogen) atoms. The van der Waals surface area contributed by atoms with Crippen LogP contribution >= 0.6 is 0 Å². The van der Waals surface area contributed by atoms with Gasteiger partial charge in [0.25, 0.3) is 0 Å². The van der Waals surface area contributed by atoms with Crippen molar-refractivity contribution in [2.45, 2.75) is 50.8 Å². The van der Waals surface area contributed by atoms with Gasteiger partial charge in [-0.05, 0) is 57.1 Å². The third-order valence-corrected chi connectivity index (χ3v) is 6.74. The molecule has 1 aliphatic carbocycles. The monoisotopic (exact) mass is 351 g/mol. The van der Waals surface area contributed by atoms with Crippen molar-refractivity contribution in [3.63, 3.8) is 0 Å². The van der Waals surface area contributed by atoms with Crippen molar-refractivity contribution in [3.05, 3.63) is 29.6 Å². The average Bonchev–Trinajstić information content (AvgIpc) is 2.80. The van der Waals surface area contributed by atoms with E-state index in [1.54, 1.807) is 6.20 Å². The molecule has 0 radical (unpaired) electrons. The summed E-state index contributed by atoms with van der Waals surface area (Å²) >= 11 is 0. The number of carbonyl (C=O) groups is 1. The number of piperidine rings is 1. The summed E-state index contributed by atoms with van der Waals surface area (Å²) in [7, 11) is -1.19. The van der Waals surface area contributed by atoms with Crippen molar-refractivity contribution in [1.29, 1.82) is 0 Å². The van der Waals surface area contributed by atoms with E-state index in [4.69, 9.17) is 0 Å². The molecule has 2 N–H and O–H groups in total. The highest BCUT2D eigenvalue weighted by molar-refractivity contribution is 7.84. The lowest BCUT2D eigenvalue weighted by Crippen LogP contribution is -2.48. The van der Waals surface area contributed by atoms with Crippen LogP contribution in [-0.4, -0.2) is 43.1 Å². The van der Waals surface area contributed by atoms with E-state index < -0.39 is 17.1 Å². The molecule has 1 spiro atoms. The van der Waals surface area contributed by atoms with Gasteiger partial charge < -0.3 is 10.0 Å². The number of carboxylic acid groups (broad SMARTS) is 1. The van der Waals surface area contributed by atoms with Crippen LogP contribution in [0.4, 0.5) is 4.79 Å². The molecule has 7 heteroatoms. The molecular formula is C17H25N3O3S. The van der Waals surface area contributed by atoms with Crippen LogP contribution in [0.2, 0.25) is 0 Å². The van der Waals surface area contributed by atoms with Gasteiger partial charge in [-0.1, -0.05) is 6.07 Å². The molecular weight excluding hydrogens is 326 g/mol. The number of hydrogen-bond acceptors (Lipinski definition) is 3. The first-order valence-corrected chi connectivity index (χ1v) is 9.48. The predicted octanol–water partition coefficient (Wildman–Crippen LogP) is 2.49. The number of nitrogens with one attached hydrogen (secondary N) is 1. The Balaban J connectivity index is 1.89. The number of pyridine rings is 1. The Bertz CT molecular complexity index is 663.